The van der Waals surface area contributed by atoms with Crippen LogP contribution in [0, 0.1) is 13.0 Å². The van der Waals surface area contributed by atoms with Gasteiger partial charge in [0.05, 0.1) is 0 Å². The number of hydrogen-bond donors (Lipinski definition) is 0. The van der Waals surface area contributed by atoms with Crippen molar-refractivity contribution in [2.24, 2.45) is 0 Å². The minimum atomic E-state index is -0.475. The monoisotopic (exact) mass is 281 g/mol. The second-order valence-corrected chi connectivity index (χ2v) is 3.66. The van der Waals surface area contributed by atoms with Crippen LogP contribution < -0.4 is 0 Å². The minimum absolute atomic E-state index is 0. The third-order valence-electron chi connectivity index (χ3n) is 1.03. The van der Waals surface area contributed by atoms with E-state index in [0.717, 1.165) is 0 Å². The molecule has 0 N–H and O–H groups in total. The first-order chi connectivity index (χ1) is 6.42. The van der Waals surface area contributed by atoms with Gasteiger partial charge in [-0.1, -0.05) is 0 Å². The van der Waals surface area contributed by atoms with E-state index in [4.69, 9.17) is 0 Å². The van der Waals surface area contributed by atoms with Crippen molar-refractivity contribution in [1.82, 2.24) is 0 Å². The van der Waals surface area contributed by atoms with E-state index >= 15 is 0 Å². The topological polar surface area (TPSA) is 26.3 Å². The van der Waals surface area contributed by atoms with Crippen LogP contribution in [0.25, 0.3) is 0 Å². The van der Waals surface area contributed by atoms with Gasteiger partial charge in [0.2, 0.25) is 0 Å². The average molecular weight is 281 g/mol. The summed E-state index contributed by atoms with van der Waals surface area (Å²) in [5, 5.41) is 0. The SMILES string of the molecule is [CH2-]C(=O)OC(C)(C)C.[Y+3].[c-]1ccccc1. The molecule has 1 rings (SSSR count). The summed E-state index contributed by atoms with van der Waals surface area (Å²) in [6, 6.07) is 12.5. The molecule has 0 atom stereocenters. The smallest absolute Gasteiger partial charge is 0.483 e. The summed E-state index contributed by atoms with van der Waals surface area (Å²) in [7, 11) is 0. The molecule has 3 heteroatoms. The van der Waals surface area contributed by atoms with Crippen LogP contribution in [0.3, 0.4) is 0 Å². The van der Waals surface area contributed by atoms with Gasteiger partial charge >= 0.3 is 32.7 Å². The summed E-state index contributed by atoms with van der Waals surface area (Å²) in [5.74, 6) is -0.475. The summed E-state index contributed by atoms with van der Waals surface area (Å²) in [5.41, 5.74) is -0.390. The van der Waals surface area contributed by atoms with Gasteiger partial charge in [-0.05, 0) is 20.8 Å². The zero-order valence-corrected chi connectivity index (χ0v) is 12.3. The van der Waals surface area contributed by atoms with Crippen molar-refractivity contribution < 1.29 is 42.2 Å². The van der Waals surface area contributed by atoms with Crippen LogP contribution in [-0.4, -0.2) is 11.6 Å². The molecule has 0 unspecified atom stereocenters. The molecule has 0 radical (unpaired) electrons. The molecular weight excluding hydrogens is 265 g/mol. The van der Waals surface area contributed by atoms with Gasteiger partial charge < -0.3 is 4.74 Å². The minimum Gasteiger partial charge on any atom is -0.483 e. The van der Waals surface area contributed by atoms with Crippen molar-refractivity contribution in [3.05, 3.63) is 43.3 Å². The molecule has 1 aromatic carbocycles. The Bertz CT molecular complexity index is 225. The maximum atomic E-state index is 10.1. The largest absolute Gasteiger partial charge is 3.00 e. The predicted octanol–water partition coefficient (Wildman–Crippen LogP) is 2.65. The standard InChI is InChI=1S/C6H11O2.C6H5.Y/c1-5(7)8-6(2,3)4;1-2-4-6-5-3-1;/h1H2,2-4H3;1-5H;/q2*-1;+3. The number of esters is 1. The number of carbonyl (C=O) groups is 1. The third kappa shape index (κ3) is 16.3. The number of ether oxygens (including phenoxy) is 1. The molecule has 0 bridgehead atoms. The normalized spacial score (nSPS) is 9.00. The van der Waals surface area contributed by atoms with E-state index in [1.165, 1.54) is 0 Å². The fourth-order valence-electron chi connectivity index (χ4n) is 0.683. The van der Waals surface area contributed by atoms with Crippen molar-refractivity contribution >= 4 is 5.97 Å². The first kappa shape index (κ1) is 17.1. The quantitative estimate of drug-likeness (QED) is 0.540. The Morgan fingerprint density at radius 3 is 1.73 bits per heavy atom. The molecule has 1 aromatic rings. The Hall–Kier alpha value is -0.336. The molecule has 78 valence electrons. The number of carbonyl (C=O) groups excluding carboxylic acids is 1. The summed E-state index contributed by atoms with van der Waals surface area (Å²) in [6.45, 7) is 8.47. The van der Waals surface area contributed by atoms with Gasteiger partial charge in [0.25, 0.3) is 0 Å². The molecule has 0 amide bonds. The molecule has 2 nitrogen and oxygen atoms in total. The molecular formula is C12H16O2Y+. The second kappa shape index (κ2) is 8.93. The molecule has 0 saturated heterocycles. The van der Waals surface area contributed by atoms with Crippen LogP contribution in [-0.2, 0) is 42.2 Å². The third-order valence-corrected chi connectivity index (χ3v) is 1.03. The van der Waals surface area contributed by atoms with Crippen molar-refractivity contribution in [2.45, 2.75) is 26.4 Å². The fraction of sp³-hybridized carbons (Fsp3) is 0.333. The Labute approximate surface area is 117 Å². The molecule has 0 fully saturated rings. The summed E-state index contributed by atoms with van der Waals surface area (Å²) < 4.78 is 4.69. The van der Waals surface area contributed by atoms with Crippen molar-refractivity contribution in [3.63, 3.8) is 0 Å². The van der Waals surface area contributed by atoms with Gasteiger partial charge in [0, 0.05) is 0 Å². The Morgan fingerprint density at radius 2 is 1.67 bits per heavy atom. The summed E-state index contributed by atoms with van der Waals surface area (Å²) in [4.78, 5) is 10.1. The Morgan fingerprint density at radius 1 is 1.20 bits per heavy atom. The van der Waals surface area contributed by atoms with E-state index in [-0.39, 0.29) is 32.7 Å². The van der Waals surface area contributed by atoms with E-state index in [9.17, 15) is 4.79 Å². The van der Waals surface area contributed by atoms with Crippen molar-refractivity contribution in [3.8, 4) is 0 Å². The second-order valence-electron chi connectivity index (χ2n) is 3.66. The predicted molar refractivity (Wildman–Crippen MR) is 56.5 cm³/mol. The molecule has 0 aromatic heterocycles. The molecule has 0 aliphatic rings. The first-order valence-electron chi connectivity index (χ1n) is 4.38. The number of rotatable bonds is 0. The average Bonchev–Trinajstić information content (AvgIpc) is 2.03. The molecule has 0 heterocycles. The zero-order valence-electron chi connectivity index (χ0n) is 9.49. The molecule has 0 aliphatic carbocycles. The molecule has 0 saturated carbocycles. The molecule has 15 heavy (non-hydrogen) atoms. The van der Waals surface area contributed by atoms with Crippen LogP contribution in [0.15, 0.2) is 30.3 Å². The van der Waals surface area contributed by atoms with Crippen molar-refractivity contribution in [2.75, 3.05) is 0 Å². The maximum Gasteiger partial charge on any atom is 3.00 e. The number of benzene rings is 1. The van der Waals surface area contributed by atoms with Gasteiger partial charge in [0.15, 0.2) is 5.97 Å². The van der Waals surface area contributed by atoms with Crippen LogP contribution in [0.1, 0.15) is 20.8 Å². The van der Waals surface area contributed by atoms with E-state index in [2.05, 4.69) is 17.7 Å². The molecule has 0 aliphatic heterocycles. The maximum absolute atomic E-state index is 10.1. The van der Waals surface area contributed by atoms with E-state index < -0.39 is 11.6 Å². The summed E-state index contributed by atoms with van der Waals surface area (Å²) >= 11 is 0. The van der Waals surface area contributed by atoms with Crippen LogP contribution >= 0.6 is 0 Å². The van der Waals surface area contributed by atoms with Crippen LogP contribution in [0.2, 0.25) is 0 Å². The van der Waals surface area contributed by atoms with Gasteiger partial charge in [-0.3, -0.25) is 11.7 Å². The van der Waals surface area contributed by atoms with Gasteiger partial charge in [-0.15, -0.1) is 0 Å². The number of hydrogen-bond acceptors (Lipinski definition) is 2. The van der Waals surface area contributed by atoms with Crippen LogP contribution in [0.5, 0.6) is 0 Å². The van der Waals surface area contributed by atoms with Gasteiger partial charge in [0.1, 0.15) is 5.60 Å². The first-order valence-corrected chi connectivity index (χ1v) is 4.38. The van der Waals surface area contributed by atoms with Gasteiger partial charge in [-0.25, -0.2) is 0 Å². The Balaban J connectivity index is 0. The van der Waals surface area contributed by atoms with E-state index in [0.29, 0.717) is 0 Å². The molecule has 0 spiro atoms. The van der Waals surface area contributed by atoms with Crippen molar-refractivity contribution in [1.29, 1.82) is 0 Å². The zero-order chi connectivity index (χ0) is 11.0. The van der Waals surface area contributed by atoms with E-state index in [1.54, 1.807) is 20.8 Å². The Kier molecular flexibility index (Phi) is 10.2. The van der Waals surface area contributed by atoms with Crippen LogP contribution in [0.4, 0.5) is 0 Å². The van der Waals surface area contributed by atoms with E-state index in [1.807, 2.05) is 30.3 Å². The van der Waals surface area contributed by atoms with Gasteiger partial charge in [-0.2, -0.15) is 36.4 Å². The summed E-state index contributed by atoms with van der Waals surface area (Å²) in [6.07, 6.45) is 0. The fourth-order valence-corrected chi connectivity index (χ4v) is 0.683.